The van der Waals surface area contributed by atoms with Gasteiger partial charge in [0.25, 0.3) is 11.2 Å². The number of aromatic nitrogens is 2. The minimum Gasteiger partial charge on any atom is -0.354 e. The van der Waals surface area contributed by atoms with Crippen LogP contribution < -0.4 is 10.9 Å². The minimum atomic E-state index is -0.479. The van der Waals surface area contributed by atoms with Gasteiger partial charge in [-0.3, -0.25) is 24.3 Å². The molecule has 9 heteroatoms. The van der Waals surface area contributed by atoms with Gasteiger partial charge in [0, 0.05) is 29.6 Å². The average Bonchev–Trinajstić information content (AvgIpc) is 3.07. The summed E-state index contributed by atoms with van der Waals surface area (Å²) in [5.74, 6) is 0.0442. The van der Waals surface area contributed by atoms with Crippen molar-refractivity contribution in [3.63, 3.8) is 0 Å². The maximum absolute atomic E-state index is 12.9. The second-order valence-electron chi connectivity index (χ2n) is 6.51. The molecule has 0 aliphatic heterocycles. The summed E-state index contributed by atoms with van der Waals surface area (Å²) in [6.07, 6.45) is 1.35. The van der Waals surface area contributed by atoms with E-state index >= 15 is 0 Å². The molecule has 0 radical (unpaired) electrons. The molecule has 0 saturated carbocycles. The lowest BCUT2D eigenvalue weighted by molar-refractivity contribution is -0.384. The van der Waals surface area contributed by atoms with Crippen molar-refractivity contribution in [3.8, 4) is 11.1 Å². The lowest BCUT2D eigenvalue weighted by atomic mass is 10.1. The van der Waals surface area contributed by atoms with Crippen LogP contribution in [0.3, 0.4) is 0 Å². The molecule has 3 aromatic rings. The lowest BCUT2D eigenvalue weighted by Crippen LogP contribution is -2.34. The molecule has 0 fully saturated rings. The number of nitro groups is 1. The van der Waals surface area contributed by atoms with Gasteiger partial charge in [0.15, 0.2) is 0 Å². The van der Waals surface area contributed by atoms with E-state index in [4.69, 9.17) is 0 Å². The number of carbonyl (C=O) groups excluding carboxylic acids is 1. The maximum Gasteiger partial charge on any atom is 0.270 e. The highest BCUT2D eigenvalue weighted by Gasteiger charge is 2.16. The molecule has 2 heterocycles. The Morgan fingerprint density at radius 1 is 1.41 bits per heavy atom. The number of non-ortho nitro benzene ring substituents is 1. The number of carbonyl (C=O) groups is 1. The molecule has 0 spiro atoms. The molecule has 0 bridgehead atoms. The Hall–Kier alpha value is -3.07. The topological polar surface area (TPSA) is 107 Å². The zero-order valence-corrected chi connectivity index (χ0v) is 15.7. The van der Waals surface area contributed by atoms with Crippen molar-refractivity contribution >= 4 is 33.1 Å². The molecule has 2 aromatic heterocycles. The van der Waals surface area contributed by atoms with Crippen LogP contribution in [0.15, 0.2) is 40.8 Å². The molecule has 1 aromatic carbocycles. The third kappa shape index (κ3) is 4.03. The number of hydrogen-bond donors (Lipinski definition) is 1. The fourth-order valence-corrected chi connectivity index (χ4v) is 3.51. The first kappa shape index (κ1) is 18.7. The first-order valence-corrected chi connectivity index (χ1v) is 9.23. The number of benzene rings is 1. The van der Waals surface area contributed by atoms with Crippen molar-refractivity contribution < 1.29 is 9.72 Å². The highest BCUT2D eigenvalue weighted by atomic mass is 32.1. The monoisotopic (exact) mass is 386 g/mol. The number of fused-ring (bicyclic) bond motifs is 1. The van der Waals surface area contributed by atoms with Gasteiger partial charge in [-0.25, -0.2) is 4.98 Å². The van der Waals surface area contributed by atoms with E-state index in [-0.39, 0.29) is 23.7 Å². The first-order chi connectivity index (χ1) is 12.9. The zero-order valence-electron chi connectivity index (χ0n) is 14.8. The standard InChI is InChI=1S/C18H18N4O4S/c1-11(2)7-19-15(23)8-21-10-20-17-16(18(21)24)14(9-27-17)12-4-3-5-13(6-12)22(25)26/h3-6,9-11H,7-8H2,1-2H3,(H,19,23). The summed E-state index contributed by atoms with van der Waals surface area (Å²) in [7, 11) is 0. The predicted molar refractivity (Wildman–Crippen MR) is 104 cm³/mol. The van der Waals surface area contributed by atoms with E-state index in [1.165, 1.54) is 34.4 Å². The van der Waals surface area contributed by atoms with Crippen LogP contribution in [0.2, 0.25) is 0 Å². The van der Waals surface area contributed by atoms with Crippen molar-refractivity contribution in [2.45, 2.75) is 20.4 Å². The number of hydrogen-bond acceptors (Lipinski definition) is 6. The van der Waals surface area contributed by atoms with Crippen LogP contribution in [-0.2, 0) is 11.3 Å². The summed E-state index contributed by atoms with van der Waals surface area (Å²) in [6, 6.07) is 6.10. The van der Waals surface area contributed by atoms with Crippen LogP contribution in [0.5, 0.6) is 0 Å². The Morgan fingerprint density at radius 2 is 2.19 bits per heavy atom. The van der Waals surface area contributed by atoms with E-state index in [1.807, 2.05) is 13.8 Å². The Bertz CT molecular complexity index is 1070. The smallest absolute Gasteiger partial charge is 0.270 e. The van der Waals surface area contributed by atoms with E-state index < -0.39 is 4.92 Å². The Morgan fingerprint density at radius 3 is 2.89 bits per heavy atom. The van der Waals surface area contributed by atoms with Gasteiger partial charge in [-0.15, -0.1) is 11.3 Å². The molecule has 0 saturated heterocycles. The summed E-state index contributed by atoms with van der Waals surface area (Å²) in [4.78, 5) is 40.3. The van der Waals surface area contributed by atoms with Crippen LogP contribution >= 0.6 is 11.3 Å². The molecule has 8 nitrogen and oxygen atoms in total. The third-order valence-electron chi connectivity index (χ3n) is 3.95. The van der Waals surface area contributed by atoms with Crippen LogP contribution in [0.1, 0.15) is 13.8 Å². The predicted octanol–water partition coefficient (Wildman–Crippen LogP) is 2.81. The zero-order chi connectivity index (χ0) is 19.6. The van der Waals surface area contributed by atoms with Gasteiger partial charge in [0.2, 0.25) is 5.91 Å². The maximum atomic E-state index is 12.9. The first-order valence-electron chi connectivity index (χ1n) is 8.35. The molecule has 0 unspecified atom stereocenters. The molecule has 0 aliphatic rings. The van der Waals surface area contributed by atoms with Gasteiger partial charge >= 0.3 is 0 Å². The normalized spacial score (nSPS) is 11.1. The van der Waals surface area contributed by atoms with Crippen LogP contribution in [-0.4, -0.2) is 26.9 Å². The SMILES string of the molecule is CC(C)CNC(=O)Cn1cnc2scc(-c3cccc([N+](=O)[O-])c3)c2c1=O. The molecule has 27 heavy (non-hydrogen) atoms. The quantitative estimate of drug-likeness (QED) is 0.518. The number of amides is 1. The van der Waals surface area contributed by atoms with Gasteiger partial charge in [-0.2, -0.15) is 0 Å². The molecular formula is C18H18N4O4S. The fraction of sp³-hybridized carbons (Fsp3) is 0.278. The number of nitrogens with zero attached hydrogens (tertiary/aromatic N) is 3. The summed E-state index contributed by atoms with van der Waals surface area (Å²) >= 11 is 1.28. The van der Waals surface area contributed by atoms with E-state index in [1.54, 1.807) is 17.5 Å². The van der Waals surface area contributed by atoms with Crippen LogP contribution in [0, 0.1) is 16.0 Å². The van der Waals surface area contributed by atoms with E-state index in [0.29, 0.717) is 33.8 Å². The highest BCUT2D eigenvalue weighted by Crippen LogP contribution is 2.32. The summed E-state index contributed by atoms with van der Waals surface area (Å²) in [5, 5.41) is 15.9. The average molecular weight is 386 g/mol. The number of thiophene rings is 1. The number of nitrogens with one attached hydrogen (secondary N) is 1. The summed E-state index contributed by atoms with van der Waals surface area (Å²) in [6.45, 7) is 4.37. The second-order valence-corrected chi connectivity index (χ2v) is 7.37. The molecular weight excluding hydrogens is 368 g/mol. The van der Waals surface area contributed by atoms with Gasteiger partial charge in [-0.1, -0.05) is 26.0 Å². The van der Waals surface area contributed by atoms with Gasteiger partial charge in [-0.05, 0) is 11.5 Å². The van der Waals surface area contributed by atoms with Gasteiger partial charge < -0.3 is 5.32 Å². The molecule has 1 N–H and O–H groups in total. The van der Waals surface area contributed by atoms with Crippen molar-refractivity contribution in [1.29, 1.82) is 0 Å². The number of rotatable bonds is 6. The molecule has 1 amide bonds. The van der Waals surface area contributed by atoms with Crippen LogP contribution in [0.4, 0.5) is 5.69 Å². The van der Waals surface area contributed by atoms with Crippen molar-refractivity contribution in [3.05, 3.63) is 56.4 Å². The Labute approximate surface area is 158 Å². The summed E-state index contributed by atoms with van der Waals surface area (Å²) in [5.41, 5.74) is 0.746. The van der Waals surface area contributed by atoms with Gasteiger partial charge in [0.05, 0.1) is 16.6 Å². The van der Waals surface area contributed by atoms with Crippen molar-refractivity contribution in [2.24, 2.45) is 5.92 Å². The van der Waals surface area contributed by atoms with Crippen molar-refractivity contribution in [2.75, 3.05) is 6.54 Å². The van der Waals surface area contributed by atoms with Gasteiger partial charge in [0.1, 0.15) is 11.4 Å². The molecule has 0 atom stereocenters. The third-order valence-corrected chi connectivity index (χ3v) is 4.84. The largest absolute Gasteiger partial charge is 0.354 e. The number of nitro benzene ring substituents is 1. The van der Waals surface area contributed by atoms with Crippen molar-refractivity contribution in [1.82, 2.24) is 14.9 Å². The molecule has 0 aliphatic carbocycles. The Kier molecular flexibility index (Phi) is 5.31. The highest BCUT2D eigenvalue weighted by molar-refractivity contribution is 7.17. The summed E-state index contributed by atoms with van der Waals surface area (Å²) < 4.78 is 1.26. The second kappa shape index (κ2) is 7.67. The van der Waals surface area contributed by atoms with E-state index in [9.17, 15) is 19.7 Å². The lowest BCUT2D eigenvalue weighted by Gasteiger charge is -2.09. The Balaban J connectivity index is 2.00. The molecule has 3 rings (SSSR count). The van der Waals surface area contributed by atoms with E-state index in [0.717, 1.165) is 0 Å². The minimum absolute atomic E-state index is 0.0517. The van der Waals surface area contributed by atoms with Crippen LogP contribution in [0.25, 0.3) is 21.3 Å². The fourth-order valence-electron chi connectivity index (χ4n) is 2.61. The molecule has 140 valence electrons. The van der Waals surface area contributed by atoms with E-state index in [2.05, 4.69) is 10.3 Å².